The van der Waals surface area contributed by atoms with E-state index in [0.29, 0.717) is 22.8 Å². The van der Waals surface area contributed by atoms with Crippen LogP contribution in [-0.2, 0) is 0 Å². The number of nitrogens with zero attached hydrogens (tertiary/aromatic N) is 1. The standard InChI is InChI=1S/C20H17FNO3P/c21-17-13-11-16(12-14-17)20(22-23)15-26(24-18-7-3-1-4-8-18)25-19-9-5-2-6-10-19/h1-14,23H,15H2. The molecule has 0 aliphatic rings. The molecule has 0 aliphatic heterocycles. The first-order valence-corrected chi connectivity index (χ1v) is 9.31. The zero-order valence-corrected chi connectivity index (χ0v) is 14.7. The summed E-state index contributed by atoms with van der Waals surface area (Å²) >= 11 is 0. The molecule has 0 saturated carbocycles. The van der Waals surface area contributed by atoms with Crippen molar-refractivity contribution >= 4 is 14.1 Å². The molecule has 0 amide bonds. The van der Waals surface area contributed by atoms with Crippen molar-refractivity contribution in [2.75, 3.05) is 6.16 Å². The maximum atomic E-state index is 13.1. The Morgan fingerprint density at radius 1 is 0.808 bits per heavy atom. The maximum Gasteiger partial charge on any atom is 0.296 e. The number of hydrogen-bond acceptors (Lipinski definition) is 4. The molecule has 3 aromatic carbocycles. The monoisotopic (exact) mass is 369 g/mol. The van der Waals surface area contributed by atoms with E-state index in [-0.39, 0.29) is 12.0 Å². The van der Waals surface area contributed by atoms with Gasteiger partial charge in [0.05, 0.1) is 11.9 Å². The van der Waals surface area contributed by atoms with Gasteiger partial charge in [0.2, 0.25) is 0 Å². The Hall–Kier alpha value is -2.91. The van der Waals surface area contributed by atoms with Crippen molar-refractivity contribution in [2.45, 2.75) is 0 Å². The molecule has 0 bridgehead atoms. The Morgan fingerprint density at radius 2 is 1.31 bits per heavy atom. The zero-order chi connectivity index (χ0) is 18.2. The molecule has 6 heteroatoms. The van der Waals surface area contributed by atoms with Crippen molar-refractivity contribution in [3.63, 3.8) is 0 Å². The number of oxime groups is 1. The smallest absolute Gasteiger partial charge is 0.296 e. The van der Waals surface area contributed by atoms with Crippen molar-refractivity contribution in [2.24, 2.45) is 5.16 Å². The van der Waals surface area contributed by atoms with E-state index in [9.17, 15) is 9.60 Å². The van der Waals surface area contributed by atoms with Gasteiger partial charge in [-0.1, -0.05) is 53.7 Å². The Kier molecular flexibility index (Phi) is 6.18. The summed E-state index contributed by atoms with van der Waals surface area (Å²) in [7, 11) is -1.47. The average molecular weight is 369 g/mol. The van der Waals surface area contributed by atoms with E-state index in [1.54, 1.807) is 12.1 Å². The molecule has 26 heavy (non-hydrogen) atoms. The SMILES string of the molecule is ON=C(CP(Oc1ccccc1)Oc1ccccc1)c1ccc(F)cc1. The fourth-order valence-corrected chi connectivity index (χ4v) is 3.60. The van der Waals surface area contributed by atoms with Crippen LogP contribution in [0.1, 0.15) is 5.56 Å². The lowest BCUT2D eigenvalue weighted by Crippen LogP contribution is -2.11. The maximum absolute atomic E-state index is 13.1. The van der Waals surface area contributed by atoms with Gasteiger partial charge in [-0.05, 0) is 36.4 Å². The second-order valence-corrected chi connectivity index (χ2v) is 6.70. The number of benzene rings is 3. The quantitative estimate of drug-likeness (QED) is 0.260. The van der Waals surface area contributed by atoms with Crippen LogP contribution in [0.5, 0.6) is 11.5 Å². The van der Waals surface area contributed by atoms with Crippen LogP contribution in [0.4, 0.5) is 4.39 Å². The Balaban J connectivity index is 1.80. The summed E-state index contributed by atoms with van der Waals surface area (Å²) < 4.78 is 25.1. The van der Waals surface area contributed by atoms with Gasteiger partial charge in [0.15, 0.2) is 0 Å². The summed E-state index contributed by atoms with van der Waals surface area (Å²) in [4.78, 5) is 0. The molecule has 1 N–H and O–H groups in total. The van der Waals surface area contributed by atoms with Gasteiger partial charge in [-0.2, -0.15) is 0 Å². The molecule has 0 atom stereocenters. The molecule has 0 saturated heterocycles. The molecule has 3 aromatic rings. The highest BCUT2D eigenvalue weighted by molar-refractivity contribution is 7.49. The number of halogens is 1. The van der Waals surface area contributed by atoms with Crippen LogP contribution in [0.25, 0.3) is 0 Å². The molecular weight excluding hydrogens is 352 g/mol. The molecular formula is C20H17FNO3P. The van der Waals surface area contributed by atoms with Gasteiger partial charge in [-0.25, -0.2) is 4.39 Å². The predicted molar refractivity (Wildman–Crippen MR) is 101 cm³/mol. The van der Waals surface area contributed by atoms with E-state index in [2.05, 4.69) is 5.16 Å². The molecule has 0 spiro atoms. The third kappa shape index (κ3) is 5.04. The van der Waals surface area contributed by atoms with Gasteiger partial charge in [0.1, 0.15) is 17.3 Å². The number of hydrogen-bond donors (Lipinski definition) is 1. The minimum atomic E-state index is -1.47. The largest absolute Gasteiger partial charge is 0.438 e. The van der Waals surface area contributed by atoms with Crippen molar-refractivity contribution in [1.82, 2.24) is 0 Å². The third-order valence-corrected chi connectivity index (χ3v) is 4.86. The van der Waals surface area contributed by atoms with Crippen molar-refractivity contribution in [3.05, 3.63) is 96.3 Å². The molecule has 132 valence electrons. The van der Waals surface area contributed by atoms with Crippen LogP contribution in [0, 0.1) is 5.82 Å². The summed E-state index contributed by atoms with van der Waals surface area (Å²) in [6.07, 6.45) is 0.237. The topological polar surface area (TPSA) is 51.1 Å². The first-order chi connectivity index (χ1) is 12.7. The summed E-state index contributed by atoms with van der Waals surface area (Å²) in [5, 5.41) is 12.8. The molecule has 0 radical (unpaired) electrons. The van der Waals surface area contributed by atoms with E-state index in [1.165, 1.54) is 12.1 Å². The molecule has 0 aromatic heterocycles. The van der Waals surface area contributed by atoms with Crippen molar-refractivity contribution < 1.29 is 18.6 Å². The molecule has 0 aliphatic carbocycles. The highest BCUT2D eigenvalue weighted by Crippen LogP contribution is 2.40. The fraction of sp³-hybridized carbons (Fsp3) is 0.0500. The fourth-order valence-electron chi connectivity index (χ4n) is 2.23. The summed E-state index contributed by atoms with van der Waals surface area (Å²) in [5.41, 5.74) is 0.970. The lowest BCUT2D eigenvalue weighted by Gasteiger charge is -2.19. The number of rotatable bonds is 7. The molecule has 0 heterocycles. The van der Waals surface area contributed by atoms with Gasteiger partial charge in [0, 0.05) is 5.56 Å². The molecule has 4 nitrogen and oxygen atoms in total. The van der Waals surface area contributed by atoms with E-state index < -0.39 is 8.38 Å². The van der Waals surface area contributed by atoms with E-state index in [0.717, 1.165) is 0 Å². The lowest BCUT2D eigenvalue weighted by molar-refractivity contribution is 0.319. The van der Waals surface area contributed by atoms with Gasteiger partial charge < -0.3 is 14.3 Å². The minimum absolute atomic E-state index is 0.237. The van der Waals surface area contributed by atoms with Gasteiger partial charge in [-0.3, -0.25) is 0 Å². The van der Waals surface area contributed by atoms with E-state index in [4.69, 9.17) is 9.05 Å². The highest BCUT2D eigenvalue weighted by atomic mass is 31.2. The molecule has 0 unspecified atom stereocenters. The highest BCUT2D eigenvalue weighted by Gasteiger charge is 2.20. The third-order valence-electron chi connectivity index (χ3n) is 3.48. The number of para-hydroxylation sites is 2. The Bertz CT molecular complexity index is 800. The Labute approximate surface area is 152 Å². The van der Waals surface area contributed by atoms with Gasteiger partial charge in [0.25, 0.3) is 8.38 Å². The van der Waals surface area contributed by atoms with Crippen LogP contribution >= 0.6 is 8.38 Å². The Morgan fingerprint density at radius 3 is 1.77 bits per heavy atom. The van der Waals surface area contributed by atoms with Crippen LogP contribution in [-0.4, -0.2) is 17.1 Å². The van der Waals surface area contributed by atoms with Crippen molar-refractivity contribution in [1.29, 1.82) is 0 Å². The first kappa shape index (κ1) is 17.9. The zero-order valence-electron chi connectivity index (χ0n) is 13.8. The van der Waals surface area contributed by atoms with E-state index in [1.807, 2.05) is 60.7 Å². The van der Waals surface area contributed by atoms with Gasteiger partial charge >= 0.3 is 0 Å². The molecule has 3 rings (SSSR count). The summed E-state index contributed by atoms with van der Waals surface area (Å²) in [6.45, 7) is 0. The van der Waals surface area contributed by atoms with Crippen LogP contribution in [0.3, 0.4) is 0 Å². The van der Waals surface area contributed by atoms with Crippen LogP contribution < -0.4 is 9.05 Å². The molecule has 0 fully saturated rings. The lowest BCUT2D eigenvalue weighted by atomic mass is 10.1. The van der Waals surface area contributed by atoms with Gasteiger partial charge in [-0.15, -0.1) is 0 Å². The summed E-state index contributed by atoms with van der Waals surface area (Å²) in [6, 6.07) is 24.3. The second kappa shape index (κ2) is 8.97. The van der Waals surface area contributed by atoms with Crippen LogP contribution in [0.15, 0.2) is 90.1 Å². The van der Waals surface area contributed by atoms with Crippen LogP contribution in [0.2, 0.25) is 0 Å². The van der Waals surface area contributed by atoms with Crippen molar-refractivity contribution in [3.8, 4) is 11.5 Å². The average Bonchev–Trinajstić information content (AvgIpc) is 2.68. The summed E-state index contributed by atoms with van der Waals surface area (Å²) in [5.74, 6) is 0.964. The first-order valence-electron chi connectivity index (χ1n) is 7.95. The predicted octanol–water partition coefficient (Wildman–Crippen LogP) is 5.47. The minimum Gasteiger partial charge on any atom is -0.438 e. The van der Waals surface area contributed by atoms with E-state index >= 15 is 0 Å². The normalized spacial score (nSPS) is 11.4. The second-order valence-electron chi connectivity index (χ2n) is 5.35.